The largest absolute Gasteiger partial charge is 0.497 e. The molecule has 0 saturated carbocycles. The maximum atomic E-state index is 5.34. The van der Waals surface area contributed by atoms with E-state index < -0.39 is 0 Å². The van der Waals surface area contributed by atoms with E-state index in [9.17, 15) is 0 Å². The van der Waals surface area contributed by atoms with Crippen LogP contribution in [0, 0.1) is 5.92 Å². The maximum Gasteiger partial charge on any atom is 0.118 e. The van der Waals surface area contributed by atoms with E-state index in [1.165, 1.54) is 27.3 Å². The monoisotopic (exact) mass is 357 g/mol. The molecule has 2 nitrogen and oxygen atoms in total. The molecule has 1 aliphatic carbocycles. The summed E-state index contributed by atoms with van der Waals surface area (Å²) in [5.41, 5.74) is 6.38. The Morgan fingerprint density at radius 1 is 0.923 bits per heavy atom. The lowest BCUT2D eigenvalue weighted by Gasteiger charge is -2.22. The standard InChI is InChI=1S/C23H19NOS/c1-25-17-12-10-15(11-13-17)23-19-14-16-6-2-3-7-18(16)22(19)24-20-8-4-5-9-21(20)26-23/h2-13,19,23H,14H2,1H3. The van der Waals surface area contributed by atoms with Gasteiger partial charge in [-0.2, -0.15) is 0 Å². The van der Waals surface area contributed by atoms with Crippen molar-refractivity contribution in [1.29, 1.82) is 0 Å². The number of rotatable bonds is 2. The van der Waals surface area contributed by atoms with Gasteiger partial charge in [0.15, 0.2) is 0 Å². The second-order valence-electron chi connectivity index (χ2n) is 6.74. The Balaban J connectivity index is 1.66. The molecule has 1 heterocycles. The number of para-hydroxylation sites is 1. The van der Waals surface area contributed by atoms with Gasteiger partial charge in [0.25, 0.3) is 0 Å². The summed E-state index contributed by atoms with van der Waals surface area (Å²) in [7, 11) is 1.71. The van der Waals surface area contributed by atoms with Crippen molar-refractivity contribution in [1.82, 2.24) is 0 Å². The Hall–Kier alpha value is -2.52. The molecule has 3 aromatic rings. The van der Waals surface area contributed by atoms with Crippen LogP contribution in [0.25, 0.3) is 0 Å². The molecule has 2 unspecified atom stereocenters. The van der Waals surface area contributed by atoms with E-state index in [-0.39, 0.29) is 0 Å². The van der Waals surface area contributed by atoms with Gasteiger partial charge < -0.3 is 4.74 Å². The lowest BCUT2D eigenvalue weighted by Crippen LogP contribution is -2.16. The first-order chi connectivity index (χ1) is 12.8. The fourth-order valence-electron chi connectivity index (χ4n) is 3.97. The van der Waals surface area contributed by atoms with Gasteiger partial charge in [0.1, 0.15) is 5.75 Å². The zero-order valence-electron chi connectivity index (χ0n) is 14.6. The fourth-order valence-corrected chi connectivity index (χ4v) is 5.31. The van der Waals surface area contributed by atoms with E-state index in [1.54, 1.807) is 7.11 Å². The quantitative estimate of drug-likeness (QED) is 0.575. The molecule has 0 spiro atoms. The van der Waals surface area contributed by atoms with Crippen molar-refractivity contribution in [2.24, 2.45) is 10.9 Å². The molecule has 1 aliphatic heterocycles. The molecule has 0 radical (unpaired) electrons. The minimum absolute atomic E-state index is 0.343. The Labute approximate surface area is 157 Å². The molecule has 2 atom stereocenters. The molecule has 0 bridgehead atoms. The number of thioether (sulfide) groups is 1. The van der Waals surface area contributed by atoms with Gasteiger partial charge in [-0.05, 0) is 47.4 Å². The summed E-state index contributed by atoms with van der Waals surface area (Å²) in [6.07, 6.45) is 1.05. The number of methoxy groups -OCH3 is 1. The number of nitrogens with zero attached hydrogens (tertiary/aromatic N) is 1. The first-order valence-corrected chi connectivity index (χ1v) is 9.78. The second kappa shape index (κ2) is 6.33. The summed E-state index contributed by atoms with van der Waals surface area (Å²) in [6, 6.07) is 25.7. The highest BCUT2D eigenvalue weighted by atomic mass is 32.2. The highest BCUT2D eigenvalue weighted by Gasteiger charge is 2.37. The van der Waals surface area contributed by atoms with Crippen molar-refractivity contribution in [3.05, 3.63) is 89.5 Å². The molecule has 0 saturated heterocycles. The Morgan fingerprint density at radius 3 is 2.54 bits per heavy atom. The molecule has 0 fully saturated rings. The van der Waals surface area contributed by atoms with Crippen LogP contribution in [0.15, 0.2) is 82.7 Å². The number of aliphatic imine (C=N–C) groups is 1. The summed E-state index contributed by atoms with van der Waals surface area (Å²) < 4.78 is 5.34. The van der Waals surface area contributed by atoms with E-state index in [4.69, 9.17) is 9.73 Å². The third-order valence-electron chi connectivity index (χ3n) is 5.25. The highest BCUT2D eigenvalue weighted by molar-refractivity contribution is 7.99. The molecular formula is C23H19NOS. The third kappa shape index (κ3) is 2.55. The second-order valence-corrected chi connectivity index (χ2v) is 7.93. The fraction of sp³-hybridized carbons (Fsp3) is 0.174. The average Bonchev–Trinajstić information content (AvgIpc) is 2.97. The van der Waals surface area contributed by atoms with Gasteiger partial charge in [-0.15, -0.1) is 11.8 Å². The van der Waals surface area contributed by atoms with E-state index in [0.717, 1.165) is 17.9 Å². The normalized spacial score (nSPS) is 20.4. The van der Waals surface area contributed by atoms with Gasteiger partial charge in [0, 0.05) is 16.1 Å². The Morgan fingerprint density at radius 2 is 1.69 bits per heavy atom. The summed E-state index contributed by atoms with van der Waals surface area (Å²) in [5, 5.41) is 0.343. The zero-order valence-corrected chi connectivity index (χ0v) is 15.4. The van der Waals surface area contributed by atoms with Gasteiger partial charge in [-0.1, -0.05) is 48.5 Å². The van der Waals surface area contributed by atoms with Crippen LogP contribution in [0.4, 0.5) is 5.69 Å². The Kier molecular flexibility index (Phi) is 3.83. The lowest BCUT2D eigenvalue weighted by atomic mass is 9.94. The average molecular weight is 357 g/mol. The highest BCUT2D eigenvalue weighted by Crippen LogP contribution is 2.51. The van der Waals surface area contributed by atoms with Crippen molar-refractivity contribution in [2.75, 3.05) is 7.11 Å². The molecule has 0 N–H and O–H groups in total. The van der Waals surface area contributed by atoms with Gasteiger partial charge in [-0.25, -0.2) is 0 Å². The summed E-state index contributed by atoms with van der Waals surface area (Å²) in [6.45, 7) is 0. The molecule has 128 valence electrons. The predicted octanol–water partition coefficient (Wildman–Crippen LogP) is 5.84. The van der Waals surface area contributed by atoms with Gasteiger partial charge in [0.2, 0.25) is 0 Å². The smallest absolute Gasteiger partial charge is 0.118 e. The molecule has 0 aromatic heterocycles. The van der Waals surface area contributed by atoms with Crippen LogP contribution in [-0.4, -0.2) is 12.8 Å². The van der Waals surface area contributed by atoms with Gasteiger partial charge in [-0.3, -0.25) is 4.99 Å². The zero-order chi connectivity index (χ0) is 17.5. The van der Waals surface area contributed by atoms with Crippen LogP contribution >= 0.6 is 11.8 Å². The molecule has 0 amide bonds. The number of benzene rings is 3. The summed E-state index contributed by atoms with van der Waals surface area (Å²) in [5.74, 6) is 1.29. The molecule has 5 rings (SSSR count). The van der Waals surface area contributed by atoms with Crippen molar-refractivity contribution in [3.63, 3.8) is 0 Å². The number of fused-ring (bicyclic) bond motifs is 4. The number of hydrogen-bond acceptors (Lipinski definition) is 3. The van der Waals surface area contributed by atoms with Crippen LogP contribution in [-0.2, 0) is 6.42 Å². The SMILES string of the molecule is COc1ccc(C2Sc3ccccc3N=C3c4ccccc4CC32)cc1. The van der Waals surface area contributed by atoms with Crippen LogP contribution in [0.1, 0.15) is 21.9 Å². The van der Waals surface area contributed by atoms with Gasteiger partial charge in [0.05, 0.1) is 18.5 Å². The third-order valence-corrected chi connectivity index (χ3v) is 6.71. The summed E-state index contributed by atoms with van der Waals surface area (Å²) >= 11 is 1.94. The number of ether oxygens (including phenoxy) is 1. The minimum atomic E-state index is 0.343. The van der Waals surface area contributed by atoms with E-state index in [2.05, 4.69) is 72.8 Å². The maximum absolute atomic E-state index is 5.34. The van der Waals surface area contributed by atoms with Crippen LogP contribution < -0.4 is 4.74 Å². The predicted molar refractivity (Wildman–Crippen MR) is 108 cm³/mol. The molecule has 2 aliphatic rings. The first kappa shape index (κ1) is 15.7. The first-order valence-electron chi connectivity index (χ1n) is 8.90. The van der Waals surface area contributed by atoms with Crippen molar-refractivity contribution < 1.29 is 4.74 Å². The van der Waals surface area contributed by atoms with Crippen LogP contribution in [0.3, 0.4) is 0 Å². The molecule has 3 heteroatoms. The van der Waals surface area contributed by atoms with Crippen molar-refractivity contribution >= 4 is 23.2 Å². The molecule has 26 heavy (non-hydrogen) atoms. The van der Waals surface area contributed by atoms with E-state index in [1.807, 2.05) is 11.8 Å². The van der Waals surface area contributed by atoms with Crippen LogP contribution in [0.2, 0.25) is 0 Å². The summed E-state index contributed by atoms with van der Waals surface area (Å²) in [4.78, 5) is 6.38. The number of hydrogen-bond donors (Lipinski definition) is 0. The van der Waals surface area contributed by atoms with E-state index >= 15 is 0 Å². The van der Waals surface area contributed by atoms with Crippen molar-refractivity contribution in [3.8, 4) is 5.75 Å². The molecular weight excluding hydrogens is 338 g/mol. The van der Waals surface area contributed by atoms with Crippen LogP contribution in [0.5, 0.6) is 5.75 Å². The topological polar surface area (TPSA) is 21.6 Å². The van der Waals surface area contributed by atoms with E-state index in [0.29, 0.717) is 11.2 Å². The minimum Gasteiger partial charge on any atom is -0.497 e. The molecule has 3 aromatic carbocycles. The van der Waals surface area contributed by atoms with Crippen molar-refractivity contribution in [2.45, 2.75) is 16.6 Å². The lowest BCUT2D eigenvalue weighted by molar-refractivity contribution is 0.414. The Bertz CT molecular complexity index is 993. The van der Waals surface area contributed by atoms with Gasteiger partial charge >= 0.3 is 0 Å².